The molecule has 0 unspecified atom stereocenters. The van der Waals surface area contributed by atoms with Crippen molar-refractivity contribution in [1.29, 1.82) is 0 Å². The lowest BCUT2D eigenvalue weighted by Crippen LogP contribution is -2.48. The third-order valence-electron chi connectivity index (χ3n) is 7.80. The van der Waals surface area contributed by atoms with Crippen LogP contribution >= 0.6 is 0 Å². The number of benzene rings is 2. The largest absolute Gasteiger partial charge is 0.493 e. The molecule has 2 aromatic carbocycles. The summed E-state index contributed by atoms with van der Waals surface area (Å²) in [5, 5.41) is 0. The Morgan fingerprint density at radius 1 is 1.00 bits per heavy atom. The van der Waals surface area contributed by atoms with Crippen LogP contribution in [0, 0.1) is 5.82 Å². The molecule has 0 bridgehead atoms. The summed E-state index contributed by atoms with van der Waals surface area (Å²) in [5.74, 6) is 1.26. The number of hydrogen-bond acceptors (Lipinski definition) is 7. The van der Waals surface area contributed by atoms with Crippen molar-refractivity contribution in [3.8, 4) is 17.2 Å². The number of piperazine rings is 1. The number of rotatable bonds is 9. The minimum atomic E-state index is -0.456. The van der Waals surface area contributed by atoms with Gasteiger partial charge in [0.2, 0.25) is 5.75 Å². The number of amides is 1. The van der Waals surface area contributed by atoms with E-state index >= 15 is 0 Å². The van der Waals surface area contributed by atoms with Crippen LogP contribution in [0.25, 0.3) is 17.2 Å². The van der Waals surface area contributed by atoms with Gasteiger partial charge < -0.3 is 28.4 Å². The molecule has 2 heterocycles. The van der Waals surface area contributed by atoms with Crippen LogP contribution in [0.2, 0.25) is 0 Å². The van der Waals surface area contributed by atoms with Gasteiger partial charge in [-0.25, -0.2) is 9.18 Å². The van der Waals surface area contributed by atoms with Crippen molar-refractivity contribution in [1.82, 2.24) is 9.80 Å². The van der Waals surface area contributed by atoms with Crippen molar-refractivity contribution < 1.29 is 32.6 Å². The number of methoxy groups -OCH3 is 2. The Morgan fingerprint density at radius 3 is 2.36 bits per heavy atom. The number of carbonyl (C=O) groups is 2. The van der Waals surface area contributed by atoms with Crippen LogP contribution in [-0.2, 0) is 11.2 Å². The first kappa shape index (κ1) is 29.1. The summed E-state index contributed by atoms with van der Waals surface area (Å²) in [6.07, 6.45) is 4.08. The maximum Gasteiger partial charge on any atom is 0.415 e. The molecule has 0 N–H and O–H groups in total. The molecule has 2 aliphatic rings. The van der Waals surface area contributed by atoms with Crippen LogP contribution in [0.5, 0.6) is 17.2 Å². The summed E-state index contributed by atoms with van der Waals surface area (Å²) in [5.41, 5.74) is 5.21. The highest BCUT2D eigenvalue weighted by molar-refractivity contribution is 6.05. The Kier molecular flexibility index (Phi) is 8.77. The minimum absolute atomic E-state index is 0.0526. The number of halogens is 1. The molecule has 0 saturated carbocycles. The number of carbonyl (C=O) groups excluding carboxylic acids is 2. The normalized spacial score (nSPS) is 16.1. The molecule has 1 fully saturated rings. The number of ketones is 1. The monoisotopic (exact) mass is 574 g/mol. The van der Waals surface area contributed by atoms with Crippen LogP contribution in [0.1, 0.15) is 42.2 Å². The molecule has 5 rings (SSSR count). The van der Waals surface area contributed by atoms with E-state index in [2.05, 4.69) is 4.90 Å². The number of Topliss-reactive ketones (excluding diaryl/α,β-unsaturated/α-hetero) is 1. The van der Waals surface area contributed by atoms with Crippen LogP contribution in [-0.4, -0.2) is 69.1 Å². The van der Waals surface area contributed by atoms with Gasteiger partial charge in [0.15, 0.2) is 11.5 Å². The molecule has 0 spiro atoms. The van der Waals surface area contributed by atoms with E-state index in [1.165, 1.54) is 26.4 Å². The first-order chi connectivity index (χ1) is 20.3. The highest BCUT2D eigenvalue weighted by Gasteiger charge is 2.27. The molecular weight excluding hydrogens is 539 g/mol. The first-order valence-corrected chi connectivity index (χ1v) is 13.9. The Balaban J connectivity index is 1.43. The summed E-state index contributed by atoms with van der Waals surface area (Å²) in [7, 11) is 5.04. The van der Waals surface area contributed by atoms with E-state index in [0.717, 1.165) is 46.5 Å². The molecule has 0 atom stereocenters. The van der Waals surface area contributed by atoms with Gasteiger partial charge in [-0.2, -0.15) is 0 Å². The van der Waals surface area contributed by atoms with E-state index in [0.29, 0.717) is 43.2 Å². The van der Waals surface area contributed by atoms with Crippen molar-refractivity contribution in [2.75, 3.05) is 47.4 Å². The predicted octanol–water partition coefficient (Wildman–Crippen LogP) is 6.10. The zero-order valence-corrected chi connectivity index (χ0v) is 24.4. The lowest BCUT2D eigenvalue weighted by atomic mass is 9.98. The number of fused-ring (bicyclic) bond motifs is 1. The van der Waals surface area contributed by atoms with Gasteiger partial charge >= 0.3 is 6.09 Å². The molecule has 1 aromatic heterocycles. The molecule has 42 heavy (non-hydrogen) atoms. The van der Waals surface area contributed by atoms with Gasteiger partial charge in [0, 0.05) is 32.6 Å². The lowest BCUT2D eigenvalue weighted by molar-refractivity contribution is -0.118. The van der Waals surface area contributed by atoms with Gasteiger partial charge in [0.05, 0.1) is 26.9 Å². The first-order valence-electron chi connectivity index (χ1n) is 13.9. The standard InChI is InChI=1S/C33H35FN2O6/c1-21-26(10-8-24(37)20-25-6-5-15-41-25)29-19-23(34)7-9-27(29)28(21)16-22-17-30(39-3)32(31(18-22)40-4)42-33(38)36-13-11-35(2)12-14-36/h5-7,9,15-19H,8,10-14,20H2,1-4H3. The van der Waals surface area contributed by atoms with E-state index in [4.69, 9.17) is 18.6 Å². The maximum atomic E-state index is 14.4. The molecule has 1 amide bonds. The summed E-state index contributed by atoms with van der Waals surface area (Å²) in [6.45, 7) is 4.68. The Morgan fingerprint density at radius 2 is 1.71 bits per heavy atom. The zero-order valence-electron chi connectivity index (χ0n) is 24.4. The van der Waals surface area contributed by atoms with Crippen molar-refractivity contribution in [2.45, 2.75) is 26.2 Å². The van der Waals surface area contributed by atoms with E-state index in [1.54, 1.807) is 41.5 Å². The third kappa shape index (κ3) is 6.26. The molecule has 3 aromatic rings. The highest BCUT2D eigenvalue weighted by Crippen LogP contribution is 2.46. The smallest absolute Gasteiger partial charge is 0.415 e. The van der Waals surface area contributed by atoms with Crippen molar-refractivity contribution in [2.24, 2.45) is 0 Å². The van der Waals surface area contributed by atoms with Gasteiger partial charge in [-0.1, -0.05) is 6.07 Å². The van der Waals surface area contributed by atoms with Crippen LogP contribution in [0.3, 0.4) is 0 Å². The number of allylic oxidation sites excluding steroid dienone is 3. The zero-order chi connectivity index (χ0) is 29.8. The maximum absolute atomic E-state index is 14.4. The molecule has 9 heteroatoms. The van der Waals surface area contributed by atoms with Crippen molar-refractivity contribution in [3.05, 3.63) is 82.6 Å². The predicted molar refractivity (Wildman–Crippen MR) is 158 cm³/mol. The minimum Gasteiger partial charge on any atom is -0.493 e. The van der Waals surface area contributed by atoms with Gasteiger partial charge in [-0.3, -0.25) is 4.79 Å². The van der Waals surface area contributed by atoms with E-state index in [9.17, 15) is 14.0 Å². The third-order valence-corrected chi connectivity index (χ3v) is 7.80. The highest BCUT2D eigenvalue weighted by atomic mass is 19.1. The number of hydrogen-bond donors (Lipinski definition) is 0. The quantitative estimate of drug-likeness (QED) is 0.305. The average molecular weight is 575 g/mol. The van der Waals surface area contributed by atoms with Gasteiger partial charge in [0.1, 0.15) is 17.4 Å². The second-order valence-corrected chi connectivity index (χ2v) is 10.6. The fraction of sp³-hybridized carbons (Fsp3) is 0.333. The van der Waals surface area contributed by atoms with Gasteiger partial charge in [0.25, 0.3) is 0 Å². The van der Waals surface area contributed by atoms with Gasteiger partial charge in [-0.15, -0.1) is 0 Å². The number of furan rings is 1. The van der Waals surface area contributed by atoms with Crippen LogP contribution < -0.4 is 14.2 Å². The van der Waals surface area contributed by atoms with Gasteiger partial charge in [-0.05, 0) is 96.3 Å². The molecular formula is C33H35FN2O6. The van der Waals surface area contributed by atoms with Crippen molar-refractivity contribution in [3.63, 3.8) is 0 Å². The van der Waals surface area contributed by atoms with Crippen molar-refractivity contribution >= 4 is 29.1 Å². The summed E-state index contributed by atoms with van der Waals surface area (Å²) < 4.78 is 36.7. The fourth-order valence-corrected chi connectivity index (χ4v) is 5.43. The molecule has 8 nitrogen and oxygen atoms in total. The number of ether oxygens (including phenoxy) is 3. The Hall–Kier alpha value is -4.37. The number of nitrogens with zero attached hydrogens (tertiary/aromatic N) is 2. The van der Waals surface area contributed by atoms with E-state index in [1.807, 2.05) is 20.0 Å². The summed E-state index contributed by atoms with van der Waals surface area (Å²) in [6, 6.07) is 11.8. The average Bonchev–Trinajstić information content (AvgIpc) is 3.58. The number of likely N-dealkylation sites (N-methyl/N-ethyl adjacent to an activating group) is 1. The Bertz CT molecular complexity index is 1510. The second-order valence-electron chi connectivity index (χ2n) is 10.6. The molecule has 1 aliphatic heterocycles. The lowest BCUT2D eigenvalue weighted by Gasteiger charge is -2.31. The second kappa shape index (κ2) is 12.7. The van der Waals surface area contributed by atoms with E-state index in [-0.39, 0.29) is 23.8 Å². The topological polar surface area (TPSA) is 81.4 Å². The molecule has 1 aliphatic carbocycles. The summed E-state index contributed by atoms with van der Waals surface area (Å²) in [4.78, 5) is 29.4. The molecule has 220 valence electrons. The SMILES string of the molecule is COc1cc(C=C2C(C)=C(CCC(=O)Cc3ccco3)c3cc(F)ccc32)cc(OC)c1OC(=O)N1CCN(C)CC1. The molecule has 1 saturated heterocycles. The van der Waals surface area contributed by atoms with E-state index < -0.39 is 6.09 Å². The Labute approximate surface area is 245 Å². The fourth-order valence-electron chi connectivity index (χ4n) is 5.43. The summed E-state index contributed by atoms with van der Waals surface area (Å²) >= 11 is 0. The van der Waals surface area contributed by atoms with Crippen LogP contribution in [0.15, 0.2) is 58.7 Å². The molecule has 0 radical (unpaired) electrons. The van der Waals surface area contributed by atoms with Crippen LogP contribution in [0.4, 0.5) is 9.18 Å².